The minimum Gasteiger partial charge on any atom is -0.329 e. The van der Waals surface area contributed by atoms with E-state index in [0.29, 0.717) is 4.75 Å². The van der Waals surface area contributed by atoms with Gasteiger partial charge in [0.1, 0.15) is 0 Å². The number of fused-ring (bicyclic) bond motifs is 1. The fourth-order valence-electron chi connectivity index (χ4n) is 2.20. The second kappa shape index (κ2) is 3.95. The maximum atomic E-state index is 5.89. The van der Waals surface area contributed by atoms with Gasteiger partial charge in [-0.1, -0.05) is 24.3 Å². The van der Waals surface area contributed by atoms with E-state index >= 15 is 0 Å². The van der Waals surface area contributed by atoms with E-state index in [9.17, 15) is 0 Å². The molecule has 14 heavy (non-hydrogen) atoms. The number of thioether (sulfide) groups is 1. The van der Waals surface area contributed by atoms with Crippen LogP contribution in [0.2, 0.25) is 0 Å². The second-order valence-corrected chi connectivity index (χ2v) is 5.31. The molecule has 0 saturated carbocycles. The highest BCUT2D eigenvalue weighted by molar-refractivity contribution is 8.00. The van der Waals surface area contributed by atoms with Crippen molar-refractivity contribution in [3.63, 3.8) is 0 Å². The normalized spacial score (nSPS) is 25.9. The van der Waals surface area contributed by atoms with Gasteiger partial charge in [-0.3, -0.25) is 0 Å². The minimum atomic E-state index is 0.300. The van der Waals surface area contributed by atoms with Crippen LogP contribution in [-0.2, 0) is 12.8 Å². The van der Waals surface area contributed by atoms with E-state index < -0.39 is 0 Å². The molecule has 0 fully saturated rings. The highest BCUT2D eigenvalue weighted by atomic mass is 32.2. The van der Waals surface area contributed by atoms with Gasteiger partial charge in [-0.05, 0) is 36.6 Å². The van der Waals surface area contributed by atoms with Crippen molar-refractivity contribution < 1.29 is 0 Å². The number of rotatable bonds is 2. The molecular formula is C12H17NS. The fraction of sp³-hybridized carbons (Fsp3) is 0.500. The zero-order valence-electron chi connectivity index (χ0n) is 8.62. The summed E-state index contributed by atoms with van der Waals surface area (Å²) in [6, 6.07) is 8.75. The molecule has 2 heteroatoms. The molecule has 1 atom stereocenters. The van der Waals surface area contributed by atoms with Crippen molar-refractivity contribution >= 4 is 11.8 Å². The Bertz CT molecular complexity index is 318. The Hall–Kier alpha value is -0.470. The van der Waals surface area contributed by atoms with Gasteiger partial charge in [0.15, 0.2) is 0 Å². The summed E-state index contributed by atoms with van der Waals surface area (Å²) in [5.74, 6) is 0. The molecule has 76 valence electrons. The molecule has 0 heterocycles. The third-order valence-electron chi connectivity index (χ3n) is 3.29. The van der Waals surface area contributed by atoms with Crippen molar-refractivity contribution in [2.24, 2.45) is 5.73 Å². The highest BCUT2D eigenvalue weighted by Gasteiger charge is 2.31. The summed E-state index contributed by atoms with van der Waals surface area (Å²) in [6.07, 6.45) is 5.73. The first-order valence-electron chi connectivity index (χ1n) is 5.12. The van der Waals surface area contributed by atoms with Crippen molar-refractivity contribution in [3.8, 4) is 0 Å². The summed E-state index contributed by atoms with van der Waals surface area (Å²) in [5, 5.41) is 0. The third kappa shape index (κ3) is 1.69. The Morgan fingerprint density at radius 2 is 2.07 bits per heavy atom. The average Bonchev–Trinajstić information content (AvgIpc) is 2.28. The molecule has 0 amide bonds. The topological polar surface area (TPSA) is 26.0 Å². The fourth-order valence-corrected chi connectivity index (χ4v) is 2.98. The summed E-state index contributed by atoms with van der Waals surface area (Å²) >= 11 is 1.93. The lowest BCUT2D eigenvalue weighted by Crippen LogP contribution is -2.39. The molecule has 1 aliphatic rings. The molecule has 0 bridgehead atoms. The summed E-state index contributed by atoms with van der Waals surface area (Å²) < 4.78 is 0.300. The Labute approximate surface area is 90.1 Å². The van der Waals surface area contributed by atoms with Crippen molar-refractivity contribution in [2.45, 2.75) is 24.0 Å². The summed E-state index contributed by atoms with van der Waals surface area (Å²) in [4.78, 5) is 0. The van der Waals surface area contributed by atoms with Gasteiger partial charge >= 0.3 is 0 Å². The molecule has 2 rings (SSSR count). The SMILES string of the molecule is CSC1(CN)CCc2ccccc2C1. The molecule has 0 aromatic heterocycles. The molecule has 1 aliphatic carbocycles. The summed E-state index contributed by atoms with van der Waals surface area (Å²) in [7, 11) is 0. The number of hydrogen-bond donors (Lipinski definition) is 1. The van der Waals surface area contributed by atoms with Gasteiger partial charge in [0, 0.05) is 11.3 Å². The van der Waals surface area contributed by atoms with Gasteiger partial charge < -0.3 is 5.73 Å². The molecule has 1 nitrogen and oxygen atoms in total. The van der Waals surface area contributed by atoms with Crippen molar-refractivity contribution in [3.05, 3.63) is 35.4 Å². The molecular weight excluding hydrogens is 190 g/mol. The van der Waals surface area contributed by atoms with Crippen LogP contribution in [0.4, 0.5) is 0 Å². The van der Waals surface area contributed by atoms with E-state index in [2.05, 4.69) is 30.5 Å². The maximum absolute atomic E-state index is 5.89. The van der Waals surface area contributed by atoms with Crippen LogP contribution in [0, 0.1) is 0 Å². The van der Waals surface area contributed by atoms with E-state index in [0.717, 1.165) is 13.0 Å². The van der Waals surface area contributed by atoms with Gasteiger partial charge in [-0.2, -0.15) is 11.8 Å². The molecule has 1 aromatic carbocycles. The largest absolute Gasteiger partial charge is 0.329 e. The lowest BCUT2D eigenvalue weighted by Gasteiger charge is -2.35. The van der Waals surface area contributed by atoms with Crippen LogP contribution < -0.4 is 5.73 Å². The number of benzene rings is 1. The van der Waals surface area contributed by atoms with Gasteiger partial charge in [0.05, 0.1) is 0 Å². The summed E-state index contributed by atoms with van der Waals surface area (Å²) in [6.45, 7) is 0.794. The van der Waals surface area contributed by atoms with Gasteiger partial charge in [-0.25, -0.2) is 0 Å². The molecule has 1 unspecified atom stereocenters. The quantitative estimate of drug-likeness (QED) is 0.805. The maximum Gasteiger partial charge on any atom is 0.0322 e. The summed E-state index contributed by atoms with van der Waals surface area (Å²) in [5.41, 5.74) is 8.90. The van der Waals surface area contributed by atoms with E-state index in [1.807, 2.05) is 11.8 Å². The van der Waals surface area contributed by atoms with Crippen LogP contribution >= 0.6 is 11.8 Å². The average molecular weight is 207 g/mol. The number of aryl methyl sites for hydroxylation is 1. The Kier molecular flexibility index (Phi) is 2.84. The van der Waals surface area contributed by atoms with Gasteiger partial charge in [0.25, 0.3) is 0 Å². The molecule has 0 radical (unpaired) electrons. The van der Waals surface area contributed by atoms with E-state index in [-0.39, 0.29) is 0 Å². The molecule has 0 spiro atoms. The first-order valence-corrected chi connectivity index (χ1v) is 6.34. The predicted octanol–water partition coefficient (Wildman–Crippen LogP) is 2.24. The highest BCUT2D eigenvalue weighted by Crippen LogP contribution is 2.36. The Balaban J connectivity index is 2.28. The first kappa shape index (κ1) is 10.1. The first-order chi connectivity index (χ1) is 6.79. The third-order valence-corrected chi connectivity index (χ3v) is 4.67. The number of nitrogens with two attached hydrogens (primary N) is 1. The van der Waals surface area contributed by atoms with E-state index in [4.69, 9.17) is 5.73 Å². The predicted molar refractivity (Wildman–Crippen MR) is 63.8 cm³/mol. The van der Waals surface area contributed by atoms with Gasteiger partial charge in [-0.15, -0.1) is 0 Å². The molecule has 0 saturated heterocycles. The molecule has 2 N–H and O–H groups in total. The Morgan fingerprint density at radius 1 is 1.36 bits per heavy atom. The lowest BCUT2D eigenvalue weighted by molar-refractivity contribution is 0.519. The van der Waals surface area contributed by atoms with Crippen molar-refractivity contribution in [2.75, 3.05) is 12.8 Å². The van der Waals surface area contributed by atoms with E-state index in [1.54, 1.807) is 0 Å². The van der Waals surface area contributed by atoms with Crippen LogP contribution in [0.15, 0.2) is 24.3 Å². The smallest absolute Gasteiger partial charge is 0.0322 e. The monoisotopic (exact) mass is 207 g/mol. The van der Waals surface area contributed by atoms with Crippen LogP contribution in [0.5, 0.6) is 0 Å². The van der Waals surface area contributed by atoms with E-state index in [1.165, 1.54) is 24.0 Å². The lowest BCUT2D eigenvalue weighted by atomic mass is 9.83. The standard InChI is InChI=1S/C12H17NS/c1-14-12(9-13)7-6-10-4-2-3-5-11(10)8-12/h2-5H,6-9,13H2,1H3. The van der Waals surface area contributed by atoms with Gasteiger partial charge in [0.2, 0.25) is 0 Å². The van der Waals surface area contributed by atoms with Crippen LogP contribution in [0.1, 0.15) is 17.5 Å². The number of hydrogen-bond acceptors (Lipinski definition) is 2. The van der Waals surface area contributed by atoms with Crippen molar-refractivity contribution in [1.82, 2.24) is 0 Å². The van der Waals surface area contributed by atoms with Crippen LogP contribution in [-0.4, -0.2) is 17.5 Å². The zero-order chi connectivity index (χ0) is 10.0. The van der Waals surface area contributed by atoms with Crippen LogP contribution in [0.25, 0.3) is 0 Å². The molecule has 0 aliphatic heterocycles. The zero-order valence-corrected chi connectivity index (χ0v) is 9.44. The van der Waals surface area contributed by atoms with Crippen molar-refractivity contribution in [1.29, 1.82) is 0 Å². The minimum absolute atomic E-state index is 0.300. The Morgan fingerprint density at radius 3 is 2.71 bits per heavy atom. The molecule has 1 aromatic rings. The van der Waals surface area contributed by atoms with Crippen LogP contribution in [0.3, 0.4) is 0 Å². The second-order valence-electron chi connectivity index (χ2n) is 4.04.